The fourth-order valence-electron chi connectivity index (χ4n) is 1.40. The molecule has 1 heterocycles. The molecule has 0 aliphatic rings. The first-order chi connectivity index (χ1) is 8.92. The molecule has 1 aromatic heterocycles. The standard InChI is InChI=1S/C14H23ClN2O2/c1-14(2,3)16-10-12-11(15)6-7-13(17-12)19-9-5-8-18-4/h6-7,16H,5,8-10H2,1-4H3. The van der Waals surface area contributed by atoms with E-state index < -0.39 is 0 Å². The minimum absolute atomic E-state index is 0.0281. The molecule has 0 saturated heterocycles. The van der Waals surface area contributed by atoms with Gasteiger partial charge in [0.25, 0.3) is 0 Å². The fourth-order valence-corrected chi connectivity index (χ4v) is 1.57. The lowest BCUT2D eigenvalue weighted by Gasteiger charge is -2.20. The molecule has 0 saturated carbocycles. The molecular formula is C14H23ClN2O2. The number of ether oxygens (including phenoxy) is 2. The summed E-state index contributed by atoms with van der Waals surface area (Å²) in [4.78, 5) is 4.42. The van der Waals surface area contributed by atoms with Crippen molar-refractivity contribution in [1.82, 2.24) is 10.3 Å². The first kappa shape index (κ1) is 16.2. The first-order valence-electron chi connectivity index (χ1n) is 6.44. The average Bonchev–Trinajstić information content (AvgIpc) is 2.34. The van der Waals surface area contributed by atoms with Crippen molar-refractivity contribution >= 4 is 11.6 Å². The van der Waals surface area contributed by atoms with E-state index in [4.69, 9.17) is 21.1 Å². The predicted octanol–water partition coefficient (Wildman–Crippen LogP) is 3.04. The van der Waals surface area contributed by atoms with E-state index in [0.29, 0.717) is 30.7 Å². The number of pyridine rings is 1. The molecule has 0 bridgehead atoms. The van der Waals surface area contributed by atoms with Crippen LogP contribution in [-0.2, 0) is 11.3 Å². The van der Waals surface area contributed by atoms with Crippen LogP contribution in [0.25, 0.3) is 0 Å². The van der Waals surface area contributed by atoms with Crippen molar-refractivity contribution in [2.75, 3.05) is 20.3 Å². The van der Waals surface area contributed by atoms with Gasteiger partial charge in [-0.05, 0) is 26.8 Å². The van der Waals surface area contributed by atoms with Gasteiger partial charge in [0.15, 0.2) is 0 Å². The number of methoxy groups -OCH3 is 1. The topological polar surface area (TPSA) is 43.4 Å². The summed E-state index contributed by atoms with van der Waals surface area (Å²) in [5, 5.41) is 4.01. The Hall–Kier alpha value is -0.840. The number of hydrogen-bond donors (Lipinski definition) is 1. The van der Waals surface area contributed by atoms with Gasteiger partial charge in [-0.25, -0.2) is 4.98 Å². The molecule has 1 rings (SSSR count). The van der Waals surface area contributed by atoms with Crippen LogP contribution >= 0.6 is 11.6 Å². The normalized spacial score (nSPS) is 11.6. The molecule has 4 nitrogen and oxygen atoms in total. The Labute approximate surface area is 120 Å². The van der Waals surface area contributed by atoms with Crippen LogP contribution in [0.4, 0.5) is 0 Å². The molecule has 0 unspecified atom stereocenters. The quantitative estimate of drug-likeness (QED) is 0.783. The van der Waals surface area contributed by atoms with Crippen molar-refractivity contribution in [3.63, 3.8) is 0 Å². The molecule has 5 heteroatoms. The van der Waals surface area contributed by atoms with Crippen LogP contribution in [-0.4, -0.2) is 30.8 Å². The number of halogens is 1. The minimum Gasteiger partial charge on any atom is -0.478 e. The third-order valence-corrected chi connectivity index (χ3v) is 2.77. The molecule has 0 aliphatic carbocycles. The fraction of sp³-hybridized carbons (Fsp3) is 0.643. The lowest BCUT2D eigenvalue weighted by molar-refractivity contribution is 0.170. The summed E-state index contributed by atoms with van der Waals surface area (Å²) < 4.78 is 10.5. The van der Waals surface area contributed by atoms with Crippen molar-refractivity contribution in [1.29, 1.82) is 0 Å². The predicted molar refractivity (Wildman–Crippen MR) is 77.8 cm³/mol. The van der Waals surface area contributed by atoms with Gasteiger partial charge in [-0.15, -0.1) is 0 Å². The first-order valence-corrected chi connectivity index (χ1v) is 6.82. The molecule has 108 valence electrons. The summed E-state index contributed by atoms with van der Waals surface area (Å²) in [7, 11) is 1.68. The van der Waals surface area contributed by atoms with Gasteiger partial charge in [0.05, 0.1) is 17.3 Å². The summed E-state index contributed by atoms with van der Waals surface area (Å²) in [5.74, 6) is 0.603. The van der Waals surface area contributed by atoms with E-state index in [1.54, 1.807) is 13.2 Å². The molecule has 0 amide bonds. The van der Waals surface area contributed by atoms with Crippen molar-refractivity contribution in [2.24, 2.45) is 0 Å². The van der Waals surface area contributed by atoms with Gasteiger partial charge in [-0.3, -0.25) is 0 Å². The lowest BCUT2D eigenvalue weighted by atomic mass is 10.1. The SMILES string of the molecule is COCCCOc1ccc(Cl)c(CNC(C)(C)C)n1. The Morgan fingerprint density at radius 2 is 2.00 bits per heavy atom. The Bertz CT molecular complexity index is 392. The maximum atomic E-state index is 6.13. The summed E-state index contributed by atoms with van der Waals surface area (Å²) in [6, 6.07) is 3.61. The molecular weight excluding hydrogens is 264 g/mol. The van der Waals surface area contributed by atoms with Gasteiger partial charge < -0.3 is 14.8 Å². The highest BCUT2D eigenvalue weighted by atomic mass is 35.5. The van der Waals surface area contributed by atoms with Crippen LogP contribution in [0.1, 0.15) is 32.9 Å². The van der Waals surface area contributed by atoms with Gasteiger partial charge >= 0.3 is 0 Å². The van der Waals surface area contributed by atoms with E-state index in [1.807, 2.05) is 6.07 Å². The Balaban J connectivity index is 2.56. The number of nitrogens with one attached hydrogen (secondary N) is 1. The summed E-state index contributed by atoms with van der Waals surface area (Å²) in [5.41, 5.74) is 0.834. The summed E-state index contributed by atoms with van der Waals surface area (Å²) in [6.45, 7) is 8.21. The van der Waals surface area contributed by atoms with E-state index >= 15 is 0 Å². The van der Waals surface area contributed by atoms with E-state index in [-0.39, 0.29) is 5.54 Å². The van der Waals surface area contributed by atoms with Gasteiger partial charge in [-0.2, -0.15) is 0 Å². The zero-order valence-electron chi connectivity index (χ0n) is 12.1. The van der Waals surface area contributed by atoms with Crippen LogP contribution < -0.4 is 10.1 Å². The Morgan fingerprint density at radius 1 is 1.26 bits per heavy atom. The molecule has 0 fully saturated rings. The molecule has 0 atom stereocenters. The zero-order chi connectivity index (χ0) is 14.3. The third-order valence-electron chi connectivity index (χ3n) is 2.42. The van der Waals surface area contributed by atoms with Crippen molar-refractivity contribution < 1.29 is 9.47 Å². The maximum absolute atomic E-state index is 6.13. The van der Waals surface area contributed by atoms with Gasteiger partial charge in [0, 0.05) is 38.3 Å². The summed E-state index contributed by atoms with van der Waals surface area (Å²) >= 11 is 6.13. The van der Waals surface area contributed by atoms with E-state index in [9.17, 15) is 0 Å². The van der Waals surface area contributed by atoms with Gasteiger partial charge in [0.1, 0.15) is 0 Å². The highest BCUT2D eigenvalue weighted by Crippen LogP contribution is 2.18. The smallest absolute Gasteiger partial charge is 0.213 e. The largest absolute Gasteiger partial charge is 0.478 e. The molecule has 1 aromatic rings. The van der Waals surface area contributed by atoms with Crippen molar-refractivity contribution in [3.8, 4) is 5.88 Å². The van der Waals surface area contributed by atoms with Gasteiger partial charge in [0.2, 0.25) is 5.88 Å². The van der Waals surface area contributed by atoms with E-state index in [2.05, 4.69) is 31.1 Å². The second-order valence-corrected chi connectivity index (χ2v) is 5.78. The third kappa shape index (κ3) is 6.76. The monoisotopic (exact) mass is 286 g/mol. The molecule has 0 aromatic carbocycles. The van der Waals surface area contributed by atoms with Crippen LogP contribution in [0, 0.1) is 0 Å². The molecule has 1 N–H and O–H groups in total. The zero-order valence-corrected chi connectivity index (χ0v) is 12.9. The average molecular weight is 287 g/mol. The minimum atomic E-state index is 0.0281. The molecule has 0 radical (unpaired) electrons. The van der Waals surface area contributed by atoms with Crippen molar-refractivity contribution in [3.05, 3.63) is 22.8 Å². The Kier molecular flexibility index (Phi) is 6.55. The van der Waals surface area contributed by atoms with Crippen LogP contribution in [0.15, 0.2) is 12.1 Å². The molecule has 19 heavy (non-hydrogen) atoms. The highest BCUT2D eigenvalue weighted by molar-refractivity contribution is 6.31. The number of aromatic nitrogens is 1. The van der Waals surface area contributed by atoms with Crippen molar-refractivity contribution in [2.45, 2.75) is 39.3 Å². The number of nitrogens with zero attached hydrogens (tertiary/aromatic N) is 1. The number of rotatable bonds is 7. The molecule has 0 spiro atoms. The summed E-state index contributed by atoms with van der Waals surface area (Å²) in [6.07, 6.45) is 0.844. The second-order valence-electron chi connectivity index (χ2n) is 5.38. The maximum Gasteiger partial charge on any atom is 0.213 e. The second kappa shape index (κ2) is 7.68. The van der Waals surface area contributed by atoms with Crippen LogP contribution in [0.2, 0.25) is 5.02 Å². The Morgan fingerprint density at radius 3 is 2.63 bits per heavy atom. The van der Waals surface area contributed by atoms with Crippen LogP contribution in [0.3, 0.4) is 0 Å². The highest BCUT2D eigenvalue weighted by Gasteiger charge is 2.11. The lowest BCUT2D eigenvalue weighted by Crippen LogP contribution is -2.35. The molecule has 0 aliphatic heterocycles. The van der Waals surface area contributed by atoms with E-state index in [0.717, 1.165) is 12.1 Å². The van der Waals surface area contributed by atoms with E-state index in [1.165, 1.54) is 0 Å². The number of hydrogen-bond acceptors (Lipinski definition) is 4. The van der Waals surface area contributed by atoms with Gasteiger partial charge in [-0.1, -0.05) is 11.6 Å². The van der Waals surface area contributed by atoms with Crippen LogP contribution in [0.5, 0.6) is 5.88 Å².